The number of amides is 1. The number of hydrogen-bond acceptors (Lipinski definition) is 2. The lowest BCUT2D eigenvalue weighted by Crippen LogP contribution is -2.22. The molecule has 0 fully saturated rings. The minimum Gasteiger partial charge on any atom is -0.465 e. The third-order valence-electron chi connectivity index (χ3n) is 2.47. The maximum Gasteiger partial charge on any atom is 0.404 e. The van der Waals surface area contributed by atoms with E-state index in [1.807, 2.05) is 18.2 Å². The second-order valence-electron chi connectivity index (χ2n) is 3.75. The fraction of sp³-hybridized carbons (Fsp3) is 0.154. The molecule has 2 N–H and O–H groups in total. The molecule has 3 nitrogen and oxygen atoms in total. The van der Waals surface area contributed by atoms with E-state index in [4.69, 9.17) is 5.11 Å². The van der Waals surface area contributed by atoms with Crippen LogP contribution in [0.5, 0.6) is 0 Å². The molecule has 1 amide bonds. The first kappa shape index (κ1) is 13.1. The highest BCUT2D eigenvalue weighted by Crippen LogP contribution is 2.35. The summed E-state index contributed by atoms with van der Waals surface area (Å²) in [4.78, 5) is 11.5. The third kappa shape index (κ3) is 3.34. The highest BCUT2D eigenvalue weighted by Gasteiger charge is 2.08. The second-order valence-corrected chi connectivity index (χ2v) is 6.20. The van der Waals surface area contributed by atoms with Crippen LogP contribution in [0.1, 0.15) is 4.88 Å². The van der Waals surface area contributed by atoms with Crippen LogP contribution in [0.15, 0.2) is 40.2 Å². The molecule has 0 aliphatic heterocycles. The van der Waals surface area contributed by atoms with Crippen molar-refractivity contribution in [2.24, 2.45) is 0 Å². The van der Waals surface area contributed by atoms with Gasteiger partial charge in [-0.3, -0.25) is 0 Å². The Morgan fingerprint density at radius 1 is 1.33 bits per heavy atom. The van der Waals surface area contributed by atoms with Crippen molar-refractivity contribution >= 4 is 33.4 Å². The van der Waals surface area contributed by atoms with Crippen LogP contribution in [0.4, 0.5) is 4.79 Å². The molecule has 0 unspecified atom stereocenters. The van der Waals surface area contributed by atoms with Crippen molar-refractivity contribution in [1.82, 2.24) is 5.32 Å². The molecule has 0 spiro atoms. The SMILES string of the molecule is O=C(O)NCCc1cc(-c2ccccc2)c(Br)s1. The summed E-state index contributed by atoms with van der Waals surface area (Å²) < 4.78 is 1.08. The number of halogens is 1. The van der Waals surface area contributed by atoms with Gasteiger partial charge in [-0.25, -0.2) is 4.79 Å². The smallest absolute Gasteiger partial charge is 0.404 e. The summed E-state index contributed by atoms with van der Waals surface area (Å²) in [6, 6.07) is 12.2. The Hall–Kier alpha value is -1.33. The van der Waals surface area contributed by atoms with E-state index in [0.717, 1.165) is 19.8 Å². The molecule has 1 aromatic heterocycles. The predicted octanol–water partition coefficient (Wildman–Crippen LogP) is 3.99. The molecule has 18 heavy (non-hydrogen) atoms. The van der Waals surface area contributed by atoms with Gasteiger partial charge >= 0.3 is 6.09 Å². The summed E-state index contributed by atoms with van der Waals surface area (Å²) in [7, 11) is 0. The van der Waals surface area contributed by atoms with Gasteiger partial charge in [0.1, 0.15) is 0 Å². The van der Waals surface area contributed by atoms with E-state index < -0.39 is 6.09 Å². The third-order valence-corrected chi connectivity index (χ3v) is 4.37. The fourth-order valence-corrected chi connectivity index (χ4v) is 3.51. The average Bonchev–Trinajstić information content (AvgIpc) is 2.71. The van der Waals surface area contributed by atoms with Crippen LogP contribution in [0.25, 0.3) is 11.1 Å². The van der Waals surface area contributed by atoms with E-state index in [0.29, 0.717) is 13.0 Å². The van der Waals surface area contributed by atoms with E-state index >= 15 is 0 Å². The normalized spacial score (nSPS) is 10.3. The average molecular weight is 326 g/mol. The quantitative estimate of drug-likeness (QED) is 0.893. The van der Waals surface area contributed by atoms with Crippen molar-refractivity contribution in [3.05, 3.63) is 45.1 Å². The van der Waals surface area contributed by atoms with Gasteiger partial charge in [-0.05, 0) is 34.0 Å². The molecule has 0 radical (unpaired) electrons. The number of rotatable bonds is 4. The Labute approximate surface area is 118 Å². The number of hydrogen-bond donors (Lipinski definition) is 2. The van der Waals surface area contributed by atoms with Gasteiger partial charge in [0, 0.05) is 17.0 Å². The molecule has 0 saturated heterocycles. The maximum atomic E-state index is 10.4. The fourth-order valence-electron chi connectivity index (χ4n) is 1.65. The molecular weight excluding hydrogens is 314 g/mol. The standard InChI is InChI=1S/C13H12BrNO2S/c14-12-11(9-4-2-1-3-5-9)8-10(18-12)6-7-15-13(16)17/h1-5,8,15H,6-7H2,(H,16,17). The van der Waals surface area contributed by atoms with Gasteiger partial charge < -0.3 is 10.4 Å². The van der Waals surface area contributed by atoms with Gasteiger partial charge in [-0.15, -0.1) is 11.3 Å². The molecule has 0 aliphatic rings. The van der Waals surface area contributed by atoms with Crippen molar-refractivity contribution in [2.45, 2.75) is 6.42 Å². The van der Waals surface area contributed by atoms with E-state index in [-0.39, 0.29) is 0 Å². The number of carbonyl (C=O) groups is 1. The number of benzene rings is 1. The Morgan fingerprint density at radius 3 is 2.72 bits per heavy atom. The number of nitrogens with one attached hydrogen (secondary N) is 1. The van der Waals surface area contributed by atoms with Crippen LogP contribution in [0.2, 0.25) is 0 Å². The monoisotopic (exact) mass is 325 g/mol. The van der Waals surface area contributed by atoms with Gasteiger partial charge in [0.05, 0.1) is 3.79 Å². The second kappa shape index (κ2) is 6.02. The summed E-state index contributed by atoms with van der Waals surface area (Å²) in [5, 5.41) is 10.9. The lowest BCUT2D eigenvalue weighted by Gasteiger charge is -1.98. The van der Waals surface area contributed by atoms with E-state index in [1.54, 1.807) is 11.3 Å². The van der Waals surface area contributed by atoms with Crippen LogP contribution in [-0.2, 0) is 6.42 Å². The van der Waals surface area contributed by atoms with Gasteiger partial charge in [0.15, 0.2) is 0 Å². The molecule has 94 valence electrons. The Kier molecular flexibility index (Phi) is 4.38. The first-order valence-corrected chi connectivity index (χ1v) is 7.08. The van der Waals surface area contributed by atoms with Gasteiger partial charge in [0.2, 0.25) is 0 Å². The van der Waals surface area contributed by atoms with Crippen LogP contribution >= 0.6 is 27.3 Å². The number of thiophene rings is 1. The molecule has 1 heterocycles. The molecule has 1 aromatic carbocycles. The zero-order valence-corrected chi connectivity index (χ0v) is 11.9. The largest absolute Gasteiger partial charge is 0.465 e. The van der Waals surface area contributed by atoms with E-state index in [2.05, 4.69) is 39.4 Å². The van der Waals surface area contributed by atoms with Crippen LogP contribution in [-0.4, -0.2) is 17.7 Å². The minimum atomic E-state index is -0.978. The van der Waals surface area contributed by atoms with Gasteiger partial charge in [-0.1, -0.05) is 30.3 Å². The topological polar surface area (TPSA) is 49.3 Å². The van der Waals surface area contributed by atoms with E-state index in [1.165, 1.54) is 0 Å². The summed E-state index contributed by atoms with van der Waals surface area (Å²) in [5.41, 5.74) is 2.32. The molecular formula is C13H12BrNO2S. The highest BCUT2D eigenvalue weighted by molar-refractivity contribution is 9.11. The Bertz CT molecular complexity index is 539. The van der Waals surface area contributed by atoms with Crippen molar-refractivity contribution in [2.75, 3.05) is 6.54 Å². The zero-order chi connectivity index (χ0) is 13.0. The molecule has 0 saturated carbocycles. The Morgan fingerprint density at radius 2 is 2.06 bits per heavy atom. The molecule has 0 atom stereocenters. The van der Waals surface area contributed by atoms with E-state index in [9.17, 15) is 4.79 Å². The summed E-state index contributed by atoms with van der Waals surface area (Å²) in [5.74, 6) is 0. The van der Waals surface area contributed by atoms with Crippen molar-refractivity contribution in [3.63, 3.8) is 0 Å². The highest BCUT2D eigenvalue weighted by atomic mass is 79.9. The van der Waals surface area contributed by atoms with Crippen molar-refractivity contribution in [1.29, 1.82) is 0 Å². The molecule has 0 aliphatic carbocycles. The van der Waals surface area contributed by atoms with Crippen LogP contribution in [0, 0.1) is 0 Å². The maximum absolute atomic E-state index is 10.4. The Balaban J connectivity index is 2.10. The first-order valence-electron chi connectivity index (χ1n) is 5.47. The first-order chi connectivity index (χ1) is 8.66. The van der Waals surface area contributed by atoms with Crippen molar-refractivity contribution < 1.29 is 9.90 Å². The zero-order valence-electron chi connectivity index (χ0n) is 9.52. The summed E-state index contributed by atoms with van der Waals surface area (Å²) in [6.07, 6.45) is -0.267. The summed E-state index contributed by atoms with van der Waals surface area (Å²) >= 11 is 5.20. The summed E-state index contributed by atoms with van der Waals surface area (Å²) in [6.45, 7) is 0.441. The lowest BCUT2D eigenvalue weighted by molar-refractivity contribution is 0.194. The number of carboxylic acid groups (broad SMARTS) is 1. The lowest BCUT2D eigenvalue weighted by atomic mass is 10.1. The van der Waals surface area contributed by atoms with Gasteiger partial charge in [-0.2, -0.15) is 0 Å². The van der Waals surface area contributed by atoms with Gasteiger partial charge in [0.25, 0.3) is 0 Å². The molecule has 5 heteroatoms. The van der Waals surface area contributed by atoms with Crippen LogP contribution in [0.3, 0.4) is 0 Å². The molecule has 2 rings (SSSR count). The van der Waals surface area contributed by atoms with Crippen LogP contribution < -0.4 is 5.32 Å². The molecule has 0 bridgehead atoms. The molecule has 2 aromatic rings. The predicted molar refractivity (Wildman–Crippen MR) is 77.2 cm³/mol. The minimum absolute atomic E-state index is 0.441. The van der Waals surface area contributed by atoms with Crippen molar-refractivity contribution in [3.8, 4) is 11.1 Å².